The number of nitrogens with one attached hydrogen (secondary N) is 1. The third kappa shape index (κ3) is 5.86. The van der Waals surface area contributed by atoms with E-state index in [0.717, 1.165) is 11.0 Å². The van der Waals surface area contributed by atoms with E-state index in [9.17, 15) is 18.8 Å². The average Bonchev–Trinajstić information content (AvgIpc) is 2.50. The van der Waals surface area contributed by atoms with E-state index < -0.39 is 29.8 Å². The number of carboxylic acid groups (broad SMARTS) is 1. The summed E-state index contributed by atoms with van der Waals surface area (Å²) in [6, 6.07) is 4.22. The first-order chi connectivity index (χ1) is 11.2. The lowest BCUT2D eigenvalue weighted by molar-refractivity contribution is -0.152. The Bertz CT molecular complexity index is 608. The number of hydrogen-bond donors (Lipinski definition) is 2. The standard InChI is InChI=1S/C16H21FN2O5/c1-10(16(22)23)19(8-7-18-12(3)20)15(21)11(2)24-14-6-4-5-13(17)9-14/h4-6,9-11H,7-8H2,1-3H3,(H,18,20)(H,22,23). The van der Waals surface area contributed by atoms with Crippen molar-refractivity contribution in [3.05, 3.63) is 30.1 Å². The summed E-state index contributed by atoms with van der Waals surface area (Å²) in [7, 11) is 0. The molecule has 0 saturated heterocycles. The number of ether oxygens (including phenoxy) is 1. The van der Waals surface area contributed by atoms with Gasteiger partial charge in [0.25, 0.3) is 5.91 Å². The Morgan fingerprint density at radius 3 is 2.54 bits per heavy atom. The van der Waals surface area contributed by atoms with Gasteiger partial charge in [0.05, 0.1) is 0 Å². The Morgan fingerprint density at radius 1 is 1.33 bits per heavy atom. The summed E-state index contributed by atoms with van der Waals surface area (Å²) >= 11 is 0. The van der Waals surface area contributed by atoms with Gasteiger partial charge in [0.15, 0.2) is 6.10 Å². The SMILES string of the molecule is CC(=O)NCCN(C(=O)C(C)Oc1cccc(F)c1)C(C)C(=O)O. The van der Waals surface area contributed by atoms with Crippen LogP contribution in [0.25, 0.3) is 0 Å². The predicted octanol–water partition coefficient (Wildman–Crippen LogP) is 1.03. The van der Waals surface area contributed by atoms with Crippen molar-refractivity contribution >= 4 is 17.8 Å². The molecule has 2 amide bonds. The number of aliphatic carboxylic acids is 1. The van der Waals surface area contributed by atoms with Gasteiger partial charge in [-0.2, -0.15) is 0 Å². The van der Waals surface area contributed by atoms with Crippen molar-refractivity contribution in [1.29, 1.82) is 0 Å². The Kier molecular flexibility index (Phi) is 7.16. The lowest BCUT2D eigenvalue weighted by Crippen LogP contribution is -2.51. The van der Waals surface area contributed by atoms with Crippen molar-refractivity contribution in [2.45, 2.75) is 32.9 Å². The Labute approximate surface area is 139 Å². The molecule has 0 saturated carbocycles. The topological polar surface area (TPSA) is 95.9 Å². The van der Waals surface area contributed by atoms with Crippen LogP contribution in [0.4, 0.5) is 4.39 Å². The summed E-state index contributed by atoms with van der Waals surface area (Å²) in [5.74, 6) is -2.37. The zero-order valence-electron chi connectivity index (χ0n) is 13.8. The summed E-state index contributed by atoms with van der Waals surface area (Å²) in [5, 5.41) is 11.7. The zero-order valence-corrected chi connectivity index (χ0v) is 13.8. The molecule has 7 nitrogen and oxygen atoms in total. The minimum Gasteiger partial charge on any atom is -0.481 e. The Morgan fingerprint density at radius 2 is 2.00 bits per heavy atom. The van der Waals surface area contributed by atoms with Gasteiger partial charge in [0.1, 0.15) is 17.6 Å². The molecular weight excluding hydrogens is 319 g/mol. The van der Waals surface area contributed by atoms with E-state index in [1.165, 1.54) is 39.0 Å². The molecule has 8 heteroatoms. The van der Waals surface area contributed by atoms with Gasteiger partial charge in [0, 0.05) is 26.1 Å². The van der Waals surface area contributed by atoms with Crippen LogP contribution in [0.3, 0.4) is 0 Å². The zero-order chi connectivity index (χ0) is 18.3. The molecule has 1 aromatic rings. The van der Waals surface area contributed by atoms with Crippen LogP contribution in [0.5, 0.6) is 5.75 Å². The average molecular weight is 340 g/mol. The van der Waals surface area contributed by atoms with Gasteiger partial charge in [-0.25, -0.2) is 9.18 Å². The first-order valence-corrected chi connectivity index (χ1v) is 7.42. The van der Waals surface area contributed by atoms with E-state index in [2.05, 4.69) is 5.32 Å². The number of benzene rings is 1. The van der Waals surface area contributed by atoms with Crippen molar-refractivity contribution in [3.8, 4) is 5.75 Å². The van der Waals surface area contributed by atoms with Crippen LogP contribution in [-0.2, 0) is 14.4 Å². The molecule has 0 aromatic heterocycles. The second-order valence-corrected chi connectivity index (χ2v) is 5.25. The van der Waals surface area contributed by atoms with Crippen LogP contribution in [0.15, 0.2) is 24.3 Å². The molecule has 0 aliphatic heterocycles. The molecular formula is C16H21FN2O5. The van der Waals surface area contributed by atoms with Gasteiger partial charge in [-0.1, -0.05) is 6.07 Å². The minimum atomic E-state index is -1.18. The van der Waals surface area contributed by atoms with Crippen LogP contribution in [0, 0.1) is 5.82 Å². The molecule has 1 aromatic carbocycles. The van der Waals surface area contributed by atoms with E-state index in [4.69, 9.17) is 9.84 Å². The van der Waals surface area contributed by atoms with Crippen LogP contribution < -0.4 is 10.1 Å². The number of hydrogen-bond acceptors (Lipinski definition) is 4. The van der Waals surface area contributed by atoms with Crippen LogP contribution >= 0.6 is 0 Å². The van der Waals surface area contributed by atoms with Gasteiger partial charge in [-0.15, -0.1) is 0 Å². The molecule has 0 aliphatic carbocycles. The Balaban J connectivity index is 2.80. The maximum absolute atomic E-state index is 13.2. The van der Waals surface area contributed by atoms with Crippen LogP contribution in [0.1, 0.15) is 20.8 Å². The molecule has 0 radical (unpaired) electrons. The fourth-order valence-electron chi connectivity index (χ4n) is 2.01. The minimum absolute atomic E-state index is 0.0166. The monoisotopic (exact) mass is 340 g/mol. The van der Waals surface area contributed by atoms with Crippen LogP contribution in [-0.4, -0.2) is 53.0 Å². The lowest BCUT2D eigenvalue weighted by atomic mass is 10.2. The van der Waals surface area contributed by atoms with E-state index in [1.807, 2.05) is 0 Å². The van der Waals surface area contributed by atoms with E-state index in [1.54, 1.807) is 0 Å². The highest BCUT2D eigenvalue weighted by atomic mass is 19.1. The summed E-state index contributed by atoms with van der Waals surface area (Å²) in [4.78, 5) is 35.7. The number of halogens is 1. The largest absolute Gasteiger partial charge is 0.481 e. The number of carbonyl (C=O) groups excluding carboxylic acids is 2. The van der Waals surface area contributed by atoms with Gasteiger partial charge in [-0.3, -0.25) is 9.59 Å². The maximum atomic E-state index is 13.2. The summed E-state index contributed by atoms with van der Waals surface area (Å²) in [5.41, 5.74) is 0. The summed E-state index contributed by atoms with van der Waals surface area (Å²) in [6.45, 7) is 4.27. The number of carbonyl (C=O) groups is 3. The molecule has 24 heavy (non-hydrogen) atoms. The van der Waals surface area contributed by atoms with Gasteiger partial charge >= 0.3 is 5.97 Å². The maximum Gasteiger partial charge on any atom is 0.326 e. The van der Waals surface area contributed by atoms with E-state index in [-0.39, 0.29) is 24.7 Å². The number of carboxylic acids is 1. The predicted molar refractivity (Wildman–Crippen MR) is 84.0 cm³/mol. The highest BCUT2D eigenvalue weighted by Gasteiger charge is 2.29. The highest BCUT2D eigenvalue weighted by Crippen LogP contribution is 2.15. The molecule has 2 N–H and O–H groups in total. The Hall–Kier alpha value is -2.64. The molecule has 0 fully saturated rings. The smallest absolute Gasteiger partial charge is 0.326 e. The van der Waals surface area contributed by atoms with E-state index >= 15 is 0 Å². The third-order valence-electron chi connectivity index (χ3n) is 3.29. The fraction of sp³-hybridized carbons (Fsp3) is 0.438. The van der Waals surface area contributed by atoms with Gasteiger partial charge < -0.3 is 20.1 Å². The molecule has 0 spiro atoms. The molecule has 2 atom stereocenters. The second-order valence-electron chi connectivity index (χ2n) is 5.25. The van der Waals surface area contributed by atoms with Crippen molar-refractivity contribution in [3.63, 3.8) is 0 Å². The molecule has 0 bridgehead atoms. The summed E-state index contributed by atoms with van der Waals surface area (Å²) in [6.07, 6.45) is -1.01. The number of rotatable bonds is 8. The van der Waals surface area contributed by atoms with Crippen molar-refractivity contribution in [2.75, 3.05) is 13.1 Å². The molecule has 2 unspecified atom stereocenters. The third-order valence-corrected chi connectivity index (χ3v) is 3.29. The second kappa shape index (κ2) is 8.85. The molecule has 1 rings (SSSR count). The molecule has 132 valence electrons. The van der Waals surface area contributed by atoms with Crippen LogP contribution in [0.2, 0.25) is 0 Å². The number of amides is 2. The lowest BCUT2D eigenvalue weighted by Gasteiger charge is -2.29. The van der Waals surface area contributed by atoms with Gasteiger partial charge in [-0.05, 0) is 26.0 Å². The first kappa shape index (κ1) is 19.4. The summed E-state index contributed by atoms with van der Waals surface area (Å²) < 4.78 is 18.5. The van der Waals surface area contributed by atoms with Crippen molar-refractivity contribution in [1.82, 2.24) is 10.2 Å². The normalized spacial score (nSPS) is 12.8. The fourth-order valence-corrected chi connectivity index (χ4v) is 2.01. The highest BCUT2D eigenvalue weighted by molar-refractivity contribution is 5.86. The number of nitrogens with zero attached hydrogens (tertiary/aromatic N) is 1. The van der Waals surface area contributed by atoms with Crippen molar-refractivity contribution in [2.24, 2.45) is 0 Å². The molecule has 0 aliphatic rings. The van der Waals surface area contributed by atoms with Gasteiger partial charge in [0.2, 0.25) is 5.91 Å². The first-order valence-electron chi connectivity index (χ1n) is 7.42. The quantitative estimate of drug-likeness (QED) is 0.737. The van der Waals surface area contributed by atoms with Crippen molar-refractivity contribution < 1.29 is 28.6 Å². The van der Waals surface area contributed by atoms with E-state index in [0.29, 0.717) is 0 Å². The molecule has 0 heterocycles.